The number of nitrogens with two attached hydrogens (primary N) is 1. The van der Waals surface area contributed by atoms with Crippen molar-refractivity contribution in [3.05, 3.63) is 34.9 Å². The van der Waals surface area contributed by atoms with Crippen molar-refractivity contribution in [1.82, 2.24) is 9.97 Å². The number of hydrazine groups is 1. The summed E-state index contributed by atoms with van der Waals surface area (Å²) in [7, 11) is 0. The highest BCUT2D eigenvalue weighted by molar-refractivity contribution is 9.10. The van der Waals surface area contributed by atoms with Crippen molar-refractivity contribution in [2.75, 3.05) is 12.0 Å². The third-order valence-corrected chi connectivity index (χ3v) is 2.90. The molecule has 1 aromatic carbocycles. The summed E-state index contributed by atoms with van der Waals surface area (Å²) in [6.07, 6.45) is 2.54. The highest BCUT2D eigenvalue weighted by atomic mass is 79.9. The smallest absolute Gasteiger partial charge is 0.240 e. The summed E-state index contributed by atoms with van der Waals surface area (Å²) in [5, 5.41) is 0. The van der Waals surface area contributed by atoms with Gasteiger partial charge in [0.05, 0.1) is 17.3 Å². The number of benzene rings is 1. The van der Waals surface area contributed by atoms with Crippen molar-refractivity contribution in [1.29, 1.82) is 0 Å². The third kappa shape index (κ3) is 3.82. The van der Waals surface area contributed by atoms with Crippen LogP contribution in [0, 0.1) is 0 Å². The van der Waals surface area contributed by atoms with E-state index >= 15 is 0 Å². The molecule has 2 aromatic rings. The van der Waals surface area contributed by atoms with E-state index in [0.29, 0.717) is 22.7 Å². The number of hydrogen-bond acceptors (Lipinski definition) is 6. The molecule has 0 unspecified atom stereocenters. The number of ether oxygens (including phenoxy) is 2. The first-order chi connectivity index (χ1) is 9.72. The molecular formula is C13H15BrN4O2. The van der Waals surface area contributed by atoms with Crippen LogP contribution in [0.2, 0.25) is 0 Å². The lowest BCUT2D eigenvalue weighted by molar-refractivity contribution is 0.317. The Labute approximate surface area is 125 Å². The molecule has 2 rings (SSSR count). The van der Waals surface area contributed by atoms with E-state index in [1.165, 1.54) is 0 Å². The molecule has 0 aliphatic rings. The molecule has 0 amide bonds. The van der Waals surface area contributed by atoms with Crippen LogP contribution in [0.4, 0.5) is 5.95 Å². The summed E-state index contributed by atoms with van der Waals surface area (Å²) in [6.45, 7) is 2.76. The monoisotopic (exact) mass is 338 g/mol. The van der Waals surface area contributed by atoms with E-state index in [1.54, 1.807) is 6.20 Å². The van der Waals surface area contributed by atoms with E-state index in [9.17, 15) is 0 Å². The molecule has 3 N–H and O–H groups in total. The minimum absolute atomic E-state index is 0.283. The molecule has 0 spiro atoms. The Morgan fingerprint density at radius 3 is 2.60 bits per heavy atom. The van der Waals surface area contributed by atoms with Crippen molar-refractivity contribution in [3.63, 3.8) is 0 Å². The van der Waals surface area contributed by atoms with Gasteiger partial charge in [0.15, 0.2) is 0 Å². The molecule has 0 saturated heterocycles. The number of aromatic nitrogens is 2. The first-order valence-corrected chi connectivity index (χ1v) is 6.92. The Kier molecular flexibility index (Phi) is 5.14. The van der Waals surface area contributed by atoms with Gasteiger partial charge in [0.2, 0.25) is 11.8 Å². The summed E-state index contributed by atoms with van der Waals surface area (Å²) < 4.78 is 11.8. The number of rotatable bonds is 6. The predicted molar refractivity (Wildman–Crippen MR) is 79.8 cm³/mol. The molecule has 6 nitrogen and oxygen atoms in total. The Balaban J connectivity index is 2.09. The maximum atomic E-state index is 5.66. The van der Waals surface area contributed by atoms with Crippen LogP contribution in [0.15, 0.2) is 34.9 Å². The molecule has 0 aliphatic heterocycles. The third-order valence-electron chi connectivity index (χ3n) is 2.35. The lowest BCUT2D eigenvalue weighted by Crippen LogP contribution is -2.10. The lowest BCUT2D eigenvalue weighted by Gasteiger charge is -2.09. The zero-order chi connectivity index (χ0) is 14.4. The second kappa shape index (κ2) is 7.06. The van der Waals surface area contributed by atoms with Gasteiger partial charge >= 0.3 is 0 Å². The molecule has 0 saturated carbocycles. The normalized spacial score (nSPS) is 10.2. The van der Waals surface area contributed by atoms with Gasteiger partial charge in [-0.3, -0.25) is 5.43 Å². The number of nitrogen functional groups attached to an aromatic ring is 1. The van der Waals surface area contributed by atoms with Gasteiger partial charge in [-0.2, -0.15) is 4.98 Å². The zero-order valence-electron chi connectivity index (χ0n) is 11.0. The Morgan fingerprint density at radius 2 is 1.95 bits per heavy atom. The van der Waals surface area contributed by atoms with Gasteiger partial charge in [-0.1, -0.05) is 6.92 Å². The fourth-order valence-corrected chi connectivity index (χ4v) is 1.70. The van der Waals surface area contributed by atoms with Gasteiger partial charge < -0.3 is 9.47 Å². The molecule has 1 heterocycles. The predicted octanol–water partition coefficient (Wildman–Crippen LogP) is 3.11. The van der Waals surface area contributed by atoms with Crippen LogP contribution in [0.5, 0.6) is 17.4 Å². The van der Waals surface area contributed by atoms with Crippen molar-refractivity contribution in [3.8, 4) is 17.4 Å². The average molecular weight is 339 g/mol. The number of hydrogen-bond donors (Lipinski definition) is 2. The van der Waals surface area contributed by atoms with Gasteiger partial charge in [0, 0.05) is 0 Å². The van der Waals surface area contributed by atoms with E-state index in [-0.39, 0.29) is 5.95 Å². The minimum Gasteiger partial charge on any atom is -0.494 e. The van der Waals surface area contributed by atoms with E-state index in [0.717, 1.165) is 12.2 Å². The summed E-state index contributed by atoms with van der Waals surface area (Å²) in [4.78, 5) is 8.06. The van der Waals surface area contributed by atoms with Crippen molar-refractivity contribution >= 4 is 21.9 Å². The summed E-state index contributed by atoms with van der Waals surface area (Å²) >= 11 is 3.32. The zero-order valence-corrected chi connectivity index (χ0v) is 12.6. The highest BCUT2D eigenvalue weighted by Gasteiger charge is 2.07. The summed E-state index contributed by atoms with van der Waals surface area (Å²) in [5.74, 6) is 7.39. The molecule has 106 valence electrons. The van der Waals surface area contributed by atoms with E-state index in [1.807, 2.05) is 24.3 Å². The van der Waals surface area contributed by atoms with Gasteiger partial charge in [-0.05, 0) is 46.6 Å². The molecule has 20 heavy (non-hydrogen) atoms. The second-order valence-electron chi connectivity index (χ2n) is 3.91. The van der Waals surface area contributed by atoms with Crippen LogP contribution in [-0.2, 0) is 0 Å². The van der Waals surface area contributed by atoms with Crippen LogP contribution in [0.3, 0.4) is 0 Å². The van der Waals surface area contributed by atoms with E-state index in [2.05, 4.69) is 38.2 Å². The minimum atomic E-state index is 0.283. The van der Waals surface area contributed by atoms with Crippen molar-refractivity contribution in [2.45, 2.75) is 13.3 Å². The number of nitrogens with zero attached hydrogens (tertiary/aromatic N) is 2. The van der Waals surface area contributed by atoms with Crippen LogP contribution < -0.4 is 20.7 Å². The molecule has 0 fully saturated rings. The molecule has 0 atom stereocenters. The average Bonchev–Trinajstić information content (AvgIpc) is 2.49. The Hall–Kier alpha value is -1.86. The van der Waals surface area contributed by atoms with Crippen LogP contribution in [-0.4, -0.2) is 16.6 Å². The highest BCUT2D eigenvalue weighted by Crippen LogP contribution is 2.28. The molecule has 0 aliphatic carbocycles. The molecule has 0 bridgehead atoms. The maximum absolute atomic E-state index is 5.66. The van der Waals surface area contributed by atoms with E-state index < -0.39 is 0 Å². The molecule has 0 radical (unpaired) electrons. The standard InChI is InChI=1S/C13H15BrN4O2/c1-2-7-19-9-3-5-10(6-4-9)20-12-11(14)8-16-13(17-12)18-15/h3-6,8H,2,7,15H2,1H3,(H,16,17,18). The SMILES string of the molecule is CCCOc1ccc(Oc2nc(NN)ncc2Br)cc1. The fraction of sp³-hybridized carbons (Fsp3) is 0.231. The van der Waals surface area contributed by atoms with Gasteiger partial charge in [0.25, 0.3) is 0 Å². The van der Waals surface area contributed by atoms with Crippen LogP contribution >= 0.6 is 15.9 Å². The Bertz CT molecular complexity index is 563. The van der Waals surface area contributed by atoms with E-state index in [4.69, 9.17) is 15.3 Å². The van der Waals surface area contributed by atoms with Gasteiger partial charge in [-0.15, -0.1) is 0 Å². The van der Waals surface area contributed by atoms with Crippen LogP contribution in [0.1, 0.15) is 13.3 Å². The quantitative estimate of drug-likeness (QED) is 0.622. The second-order valence-corrected chi connectivity index (χ2v) is 4.77. The Morgan fingerprint density at radius 1 is 1.25 bits per heavy atom. The van der Waals surface area contributed by atoms with Gasteiger partial charge in [0.1, 0.15) is 11.5 Å². The molecular weight excluding hydrogens is 324 g/mol. The lowest BCUT2D eigenvalue weighted by atomic mass is 10.3. The number of anilines is 1. The first-order valence-electron chi connectivity index (χ1n) is 6.12. The molecule has 1 aromatic heterocycles. The maximum Gasteiger partial charge on any atom is 0.240 e. The number of nitrogens with one attached hydrogen (secondary N) is 1. The van der Waals surface area contributed by atoms with Crippen molar-refractivity contribution < 1.29 is 9.47 Å². The summed E-state index contributed by atoms with van der Waals surface area (Å²) in [5.41, 5.74) is 2.37. The van der Waals surface area contributed by atoms with Crippen LogP contribution in [0.25, 0.3) is 0 Å². The van der Waals surface area contributed by atoms with Crippen molar-refractivity contribution in [2.24, 2.45) is 5.84 Å². The topological polar surface area (TPSA) is 82.3 Å². The van der Waals surface area contributed by atoms with Gasteiger partial charge in [-0.25, -0.2) is 10.8 Å². The largest absolute Gasteiger partial charge is 0.494 e. The molecule has 7 heteroatoms. The number of halogens is 1. The first kappa shape index (κ1) is 14.5. The summed E-state index contributed by atoms with van der Waals surface area (Å²) in [6, 6.07) is 7.33. The fourth-order valence-electron chi connectivity index (χ4n) is 1.43.